The molecule has 0 aliphatic carbocycles. The minimum Gasteiger partial charge on any atom is -0.338 e. The summed E-state index contributed by atoms with van der Waals surface area (Å²) < 4.78 is 0. The molecule has 1 aromatic heterocycles. The highest BCUT2D eigenvalue weighted by Gasteiger charge is 2.18. The summed E-state index contributed by atoms with van der Waals surface area (Å²) in [6, 6.07) is 4.39. The van der Waals surface area contributed by atoms with Crippen LogP contribution in [0.15, 0.2) is 12.1 Å². The standard InChI is InChI=1S/C15H26N2OS/c1-11(9-10-16)5-8-15(18)17(4)13(3)14-7-6-12(2)19-14/h6-7,11,13H,5,8-10,16H2,1-4H3. The molecule has 4 heteroatoms. The first-order valence-corrected chi connectivity index (χ1v) is 7.79. The predicted molar refractivity (Wildman–Crippen MR) is 82.3 cm³/mol. The van der Waals surface area contributed by atoms with Gasteiger partial charge < -0.3 is 10.6 Å². The third-order valence-corrected chi connectivity index (χ3v) is 4.83. The Morgan fingerprint density at radius 2 is 2.05 bits per heavy atom. The van der Waals surface area contributed by atoms with Crippen molar-refractivity contribution in [2.45, 2.75) is 46.1 Å². The Morgan fingerprint density at radius 1 is 1.37 bits per heavy atom. The Kier molecular flexibility index (Phi) is 6.52. The highest BCUT2D eigenvalue weighted by atomic mass is 32.1. The van der Waals surface area contributed by atoms with Gasteiger partial charge >= 0.3 is 0 Å². The Labute approximate surface area is 120 Å². The molecule has 2 N–H and O–H groups in total. The van der Waals surface area contributed by atoms with Crippen molar-refractivity contribution < 1.29 is 4.79 Å². The van der Waals surface area contributed by atoms with Gasteiger partial charge in [0.05, 0.1) is 6.04 Å². The first-order chi connectivity index (χ1) is 8.95. The quantitative estimate of drug-likeness (QED) is 0.833. The van der Waals surface area contributed by atoms with Crippen LogP contribution in [0.2, 0.25) is 0 Å². The Bertz CT molecular complexity index is 403. The van der Waals surface area contributed by atoms with Crippen LogP contribution in [0.5, 0.6) is 0 Å². The van der Waals surface area contributed by atoms with E-state index in [0.29, 0.717) is 18.9 Å². The van der Waals surface area contributed by atoms with Crippen molar-refractivity contribution in [3.63, 3.8) is 0 Å². The molecule has 3 nitrogen and oxygen atoms in total. The average Bonchev–Trinajstić information content (AvgIpc) is 2.81. The highest BCUT2D eigenvalue weighted by Crippen LogP contribution is 2.27. The number of aryl methyl sites for hydroxylation is 1. The van der Waals surface area contributed by atoms with Crippen LogP contribution in [0.4, 0.5) is 0 Å². The van der Waals surface area contributed by atoms with E-state index in [4.69, 9.17) is 5.73 Å². The zero-order valence-electron chi connectivity index (χ0n) is 12.5. The molecule has 1 aromatic rings. The van der Waals surface area contributed by atoms with Gasteiger partial charge in [0.1, 0.15) is 0 Å². The van der Waals surface area contributed by atoms with E-state index in [1.807, 2.05) is 11.9 Å². The summed E-state index contributed by atoms with van der Waals surface area (Å²) in [4.78, 5) is 16.6. The molecule has 1 amide bonds. The molecule has 0 aliphatic heterocycles. The molecule has 0 fully saturated rings. The summed E-state index contributed by atoms with van der Waals surface area (Å²) in [6.07, 6.45) is 2.54. The van der Waals surface area contributed by atoms with E-state index in [2.05, 4.69) is 32.9 Å². The summed E-state index contributed by atoms with van der Waals surface area (Å²) in [5.41, 5.74) is 5.53. The van der Waals surface area contributed by atoms with E-state index in [0.717, 1.165) is 12.8 Å². The summed E-state index contributed by atoms with van der Waals surface area (Å²) >= 11 is 1.76. The van der Waals surface area contributed by atoms with Gasteiger partial charge in [0, 0.05) is 23.2 Å². The van der Waals surface area contributed by atoms with E-state index in [1.165, 1.54) is 9.75 Å². The molecule has 1 rings (SSSR count). The van der Waals surface area contributed by atoms with E-state index in [9.17, 15) is 4.79 Å². The highest BCUT2D eigenvalue weighted by molar-refractivity contribution is 7.12. The molecule has 19 heavy (non-hydrogen) atoms. The van der Waals surface area contributed by atoms with E-state index >= 15 is 0 Å². The summed E-state index contributed by atoms with van der Waals surface area (Å²) in [6.45, 7) is 7.05. The van der Waals surface area contributed by atoms with E-state index < -0.39 is 0 Å². The third kappa shape index (κ3) is 4.96. The first kappa shape index (κ1) is 16.2. The topological polar surface area (TPSA) is 46.3 Å². The van der Waals surface area contributed by atoms with Crippen LogP contribution in [0.1, 0.15) is 48.9 Å². The molecule has 0 aliphatic rings. The Balaban J connectivity index is 2.47. The van der Waals surface area contributed by atoms with Crippen LogP contribution in [-0.4, -0.2) is 24.4 Å². The van der Waals surface area contributed by atoms with Crippen molar-refractivity contribution in [1.29, 1.82) is 0 Å². The van der Waals surface area contributed by atoms with E-state index in [1.54, 1.807) is 11.3 Å². The molecular formula is C15H26N2OS. The van der Waals surface area contributed by atoms with Crippen LogP contribution >= 0.6 is 11.3 Å². The molecule has 0 bridgehead atoms. The number of carbonyl (C=O) groups excluding carboxylic acids is 1. The zero-order valence-corrected chi connectivity index (χ0v) is 13.3. The largest absolute Gasteiger partial charge is 0.338 e. The van der Waals surface area contributed by atoms with Crippen molar-refractivity contribution in [2.75, 3.05) is 13.6 Å². The zero-order chi connectivity index (χ0) is 14.4. The van der Waals surface area contributed by atoms with Crippen LogP contribution in [0.25, 0.3) is 0 Å². The number of nitrogens with two attached hydrogens (primary N) is 1. The second-order valence-electron chi connectivity index (χ2n) is 5.35. The number of thiophene rings is 1. The van der Waals surface area contributed by atoms with Crippen molar-refractivity contribution in [3.8, 4) is 0 Å². The smallest absolute Gasteiger partial charge is 0.222 e. The third-order valence-electron chi connectivity index (χ3n) is 3.66. The van der Waals surface area contributed by atoms with Gasteiger partial charge in [-0.2, -0.15) is 0 Å². The predicted octanol–water partition coefficient (Wildman–Crippen LogP) is 3.34. The minimum absolute atomic E-state index is 0.163. The number of amides is 1. The van der Waals surface area contributed by atoms with Gasteiger partial charge in [0.25, 0.3) is 0 Å². The average molecular weight is 282 g/mol. The lowest BCUT2D eigenvalue weighted by Gasteiger charge is -2.24. The number of nitrogens with zero attached hydrogens (tertiary/aromatic N) is 1. The van der Waals surface area contributed by atoms with Crippen molar-refractivity contribution in [3.05, 3.63) is 21.9 Å². The first-order valence-electron chi connectivity index (χ1n) is 6.97. The van der Waals surface area contributed by atoms with Gasteiger partial charge in [-0.1, -0.05) is 6.92 Å². The molecule has 108 valence electrons. The molecule has 0 aromatic carbocycles. The summed E-state index contributed by atoms with van der Waals surface area (Å²) in [5.74, 6) is 0.754. The second kappa shape index (κ2) is 7.65. The number of carbonyl (C=O) groups is 1. The molecular weight excluding hydrogens is 256 g/mol. The minimum atomic E-state index is 0.163. The molecule has 0 radical (unpaired) electrons. The number of rotatable bonds is 7. The number of hydrogen-bond acceptors (Lipinski definition) is 3. The van der Waals surface area contributed by atoms with Crippen molar-refractivity contribution >= 4 is 17.2 Å². The molecule has 0 saturated heterocycles. The molecule has 2 atom stereocenters. The fourth-order valence-corrected chi connectivity index (χ4v) is 3.03. The Hall–Kier alpha value is -0.870. The van der Waals surface area contributed by atoms with Crippen LogP contribution in [0, 0.1) is 12.8 Å². The van der Waals surface area contributed by atoms with Gasteiger partial charge in [-0.25, -0.2) is 0 Å². The fraction of sp³-hybridized carbons (Fsp3) is 0.667. The molecule has 2 unspecified atom stereocenters. The maximum Gasteiger partial charge on any atom is 0.222 e. The maximum absolute atomic E-state index is 12.2. The fourth-order valence-electron chi connectivity index (χ4n) is 2.06. The van der Waals surface area contributed by atoms with E-state index in [-0.39, 0.29) is 11.9 Å². The lowest BCUT2D eigenvalue weighted by Crippen LogP contribution is -2.29. The molecule has 0 saturated carbocycles. The van der Waals surface area contributed by atoms with Crippen molar-refractivity contribution in [1.82, 2.24) is 4.90 Å². The normalized spacial score (nSPS) is 14.2. The van der Waals surface area contributed by atoms with Gasteiger partial charge in [-0.15, -0.1) is 11.3 Å². The van der Waals surface area contributed by atoms with Crippen LogP contribution < -0.4 is 5.73 Å². The summed E-state index contributed by atoms with van der Waals surface area (Å²) in [7, 11) is 1.90. The maximum atomic E-state index is 12.2. The number of hydrogen-bond donors (Lipinski definition) is 1. The molecule has 1 heterocycles. The van der Waals surface area contributed by atoms with Crippen LogP contribution in [0.3, 0.4) is 0 Å². The lowest BCUT2D eigenvalue weighted by molar-refractivity contribution is -0.132. The molecule has 0 spiro atoms. The van der Waals surface area contributed by atoms with Crippen LogP contribution in [-0.2, 0) is 4.79 Å². The van der Waals surface area contributed by atoms with Gasteiger partial charge in [-0.3, -0.25) is 4.79 Å². The summed E-state index contributed by atoms with van der Waals surface area (Å²) in [5, 5.41) is 0. The van der Waals surface area contributed by atoms with Gasteiger partial charge in [0.2, 0.25) is 5.91 Å². The monoisotopic (exact) mass is 282 g/mol. The second-order valence-corrected chi connectivity index (χ2v) is 6.67. The van der Waals surface area contributed by atoms with Crippen molar-refractivity contribution in [2.24, 2.45) is 11.7 Å². The lowest BCUT2D eigenvalue weighted by atomic mass is 10.0. The Morgan fingerprint density at radius 3 is 2.58 bits per heavy atom. The van der Waals surface area contributed by atoms with Gasteiger partial charge in [-0.05, 0) is 51.3 Å². The SMILES string of the molecule is Cc1ccc(C(C)N(C)C(=O)CCC(C)CCN)s1. The van der Waals surface area contributed by atoms with Gasteiger partial charge in [0.15, 0.2) is 0 Å².